The van der Waals surface area contributed by atoms with Crippen molar-refractivity contribution in [1.82, 2.24) is 10.3 Å². The molecule has 2 aromatic rings. The van der Waals surface area contributed by atoms with E-state index in [1.54, 1.807) is 0 Å². The molecular formula is C20H26N2O3. The molecule has 0 unspecified atom stereocenters. The minimum absolute atomic E-state index is 0.269. The Balaban J connectivity index is 2.13. The number of carbonyl (C=O) groups excluding carboxylic acids is 2. The Morgan fingerprint density at radius 3 is 2.64 bits per heavy atom. The molecule has 134 valence electrons. The van der Waals surface area contributed by atoms with Crippen LogP contribution in [0.3, 0.4) is 0 Å². The average molecular weight is 342 g/mol. The van der Waals surface area contributed by atoms with Crippen molar-refractivity contribution in [2.75, 3.05) is 13.2 Å². The van der Waals surface area contributed by atoms with Gasteiger partial charge in [-0.1, -0.05) is 39.0 Å². The first-order chi connectivity index (χ1) is 11.9. The molecule has 1 N–H and O–H groups in total. The number of ether oxygens (including phenoxy) is 1. The van der Waals surface area contributed by atoms with Gasteiger partial charge in [-0.15, -0.1) is 0 Å². The summed E-state index contributed by atoms with van der Waals surface area (Å²) in [6, 6.07) is 7.49. The molecule has 25 heavy (non-hydrogen) atoms. The van der Waals surface area contributed by atoms with Crippen LogP contribution in [-0.4, -0.2) is 30.0 Å². The lowest BCUT2D eigenvalue weighted by Gasteiger charge is -2.13. The first-order valence-electron chi connectivity index (χ1n) is 8.76. The Labute approximate surface area is 148 Å². The standard InChI is InChI=1S/C20H26N2O3/c1-5-16-14(4)19(15-8-6-7-9-17(15)22-16)20(24)25-12-18(23)21-11-10-13(2)3/h6-9,13H,5,10-12H2,1-4H3,(H,21,23). The van der Waals surface area contributed by atoms with E-state index in [-0.39, 0.29) is 12.5 Å². The van der Waals surface area contributed by atoms with Crippen LogP contribution in [0.15, 0.2) is 24.3 Å². The third-order valence-electron chi connectivity index (χ3n) is 4.15. The fourth-order valence-corrected chi connectivity index (χ4v) is 2.72. The summed E-state index contributed by atoms with van der Waals surface area (Å²) in [6.07, 6.45) is 1.63. The SMILES string of the molecule is CCc1nc2ccccc2c(C(=O)OCC(=O)NCCC(C)C)c1C. The summed E-state index contributed by atoms with van der Waals surface area (Å²) in [7, 11) is 0. The third kappa shape index (κ3) is 4.78. The van der Waals surface area contributed by atoms with Gasteiger partial charge in [0.25, 0.3) is 5.91 Å². The highest BCUT2D eigenvalue weighted by atomic mass is 16.5. The number of nitrogens with one attached hydrogen (secondary N) is 1. The number of hydrogen-bond donors (Lipinski definition) is 1. The Hall–Kier alpha value is -2.43. The number of rotatable bonds is 7. The quantitative estimate of drug-likeness (QED) is 0.783. The summed E-state index contributed by atoms with van der Waals surface area (Å²) in [5.41, 5.74) is 2.94. The van der Waals surface area contributed by atoms with E-state index in [0.29, 0.717) is 18.0 Å². The van der Waals surface area contributed by atoms with Crippen LogP contribution in [0.1, 0.15) is 48.8 Å². The third-order valence-corrected chi connectivity index (χ3v) is 4.15. The summed E-state index contributed by atoms with van der Waals surface area (Å²) in [4.78, 5) is 29.0. The molecule has 1 aromatic heterocycles. The summed E-state index contributed by atoms with van der Waals surface area (Å²) >= 11 is 0. The van der Waals surface area contributed by atoms with Gasteiger partial charge in [-0.2, -0.15) is 0 Å². The molecule has 0 spiro atoms. The van der Waals surface area contributed by atoms with Gasteiger partial charge >= 0.3 is 5.97 Å². The lowest BCUT2D eigenvalue weighted by atomic mass is 10.0. The van der Waals surface area contributed by atoms with Crippen molar-refractivity contribution in [3.63, 3.8) is 0 Å². The van der Waals surface area contributed by atoms with Gasteiger partial charge in [0.05, 0.1) is 11.1 Å². The summed E-state index contributed by atoms with van der Waals surface area (Å²) in [5, 5.41) is 3.52. The summed E-state index contributed by atoms with van der Waals surface area (Å²) in [6.45, 7) is 8.38. The Bertz CT molecular complexity index is 769. The van der Waals surface area contributed by atoms with Crippen LogP contribution in [0.4, 0.5) is 0 Å². The monoisotopic (exact) mass is 342 g/mol. The fourth-order valence-electron chi connectivity index (χ4n) is 2.72. The lowest BCUT2D eigenvalue weighted by Crippen LogP contribution is -2.30. The van der Waals surface area contributed by atoms with Crippen LogP contribution in [-0.2, 0) is 16.0 Å². The van der Waals surface area contributed by atoms with Crippen molar-refractivity contribution in [1.29, 1.82) is 0 Å². The molecule has 0 aliphatic carbocycles. The molecule has 0 saturated carbocycles. The number of hydrogen-bond acceptors (Lipinski definition) is 4. The molecule has 2 rings (SSSR count). The summed E-state index contributed by atoms with van der Waals surface area (Å²) < 4.78 is 5.26. The van der Waals surface area contributed by atoms with Crippen LogP contribution in [0.2, 0.25) is 0 Å². The smallest absolute Gasteiger partial charge is 0.339 e. The van der Waals surface area contributed by atoms with E-state index in [0.717, 1.165) is 35.0 Å². The number of benzene rings is 1. The average Bonchev–Trinajstić information content (AvgIpc) is 2.58. The van der Waals surface area contributed by atoms with Gasteiger partial charge in [0, 0.05) is 17.6 Å². The zero-order valence-corrected chi connectivity index (χ0v) is 15.4. The van der Waals surface area contributed by atoms with Crippen LogP contribution in [0.25, 0.3) is 10.9 Å². The number of para-hydroxylation sites is 1. The van der Waals surface area contributed by atoms with Gasteiger partial charge in [0.15, 0.2) is 6.61 Å². The normalized spacial score (nSPS) is 10.9. The number of pyridine rings is 1. The molecule has 1 aromatic carbocycles. The van der Waals surface area contributed by atoms with Crippen molar-refractivity contribution in [3.05, 3.63) is 41.1 Å². The molecule has 0 bridgehead atoms. The highest BCUT2D eigenvalue weighted by molar-refractivity contribution is 6.05. The van der Waals surface area contributed by atoms with Gasteiger partial charge in [-0.3, -0.25) is 9.78 Å². The number of carbonyl (C=O) groups is 2. The fraction of sp³-hybridized carbons (Fsp3) is 0.450. The van der Waals surface area contributed by atoms with E-state index >= 15 is 0 Å². The van der Waals surface area contributed by atoms with Crippen LogP contribution >= 0.6 is 0 Å². The second-order valence-electron chi connectivity index (χ2n) is 6.54. The predicted molar refractivity (Wildman–Crippen MR) is 98.6 cm³/mol. The first kappa shape index (κ1) is 18.9. The Morgan fingerprint density at radius 1 is 1.24 bits per heavy atom. The molecule has 0 aliphatic rings. The second kappa shape index (κ2) is 8.60. The van der Waals surface area contributed by atoms with Crippen molar-refractivity contribution in [2.45, 2.75) is 40.5 Å². The van der Waals surface area contributed by atoms with E-state index in [1.807, 2.05) is 38.1 Å². The predicted octanol–water partition coefficient (Wildman–Crippen LogP) is 3.42. The van der Waals surface area contributed by atoms with Crippen molar-refractivity contribution >= 4 is 22.8 Å². The first-order valence-corrected chi connectivity index (χ1v) is 8.76. The minimum atomic E-state index is -0.482. The number of amides is 1. The van der Waals surface area contributed by atoms with E-state index in [9.17, 15) is 9.59 Å². The molecule has 1 amide bonds. The maximum absolute atomic E-state index is 12.6. The molecule has 0 radical (unpaired) electrons. The highest BCUT2D eigenvalue weighted by Gasteiger charge is 2.19. The molecule has 0 atom stereocenters. The number of nitrogens with zero attached hydrogens (tertiary/aromatic N) is 1. The second-order valence-corrected chi connectivity index (χ2v) is 6.54. The molecule has 5 nitrogen and oxygen atoms in total. The Kier molecular flexibility index (Phi) is 6.51. The number of esters is 1. The van der Waals surface area contributed by atoms with Crippen LogP contribution in [0.5, 0.6) is 0 Å². The van der Waals surface area contributed by atoms with Gasteiger partial charge in [-0.25, -0.2) is 4.79 Å². The maximum atomic E-state index is 12.6. The summed E-state index contributed by atoms with van der Waals surface area (Å²) in [5.74, 6) is -0.244. The van der Waals surface area contributed by atoms with Gasteiger partial charge in [0.1, 0.15) is 0 Å². The van der Waals surface area contributed by atoms with E-state index in [2.05, 4.69) is 24.1 Å². The van der Waals surface area contributed by atoms with Crippen molar-refractivity contribution < 1.29 is 14.3 Å². The topological polar surface area (TPSA) is 68.3 Å². The number of fused-ring (bicyclic) bond motifs is 1. The molecule has 0 aliphatic heterocycles. The van der Waals surface area contributed by atoms with Gasteiger partial charge in [0.2, 0.25) is 0 Å². The lowest BCUT2D eigenvalue weighted by molar-refractivity contribution is -0.124. The minimum Gasteiger partial charge on any atom is -0.452 e. The van der Waals surface area contributed by atoms with E-state index in [4.69, 9.17) is 4.74 Å². The highest BCUT2D eigenvalue weighted by Crippen LogP contribution is 2.24. The molecular weight excluding hydrogens is 316 g/mol. The van der Waals surface area contributed by atoms with Gasteiger partial charge in [-0.05, 0) is 37.3 Å². The number of aryl methyl sites for hydroxylation is 1. The Morgan fingerprint density at radius 2 is 1.96 bits per heavy atom. The molecule has 0 fully saturated rings. The largest absolute Gasteiger partial charge is 0.452 e. The maximum Gasteiger partial charge on any atom is 0.339 e. The van der Waals surface area contributed by atoms with Gasteiger partial charge < -0.3 is 10.1 Å². The molecule has 0 saturated heterocycles. The zero-order chi connectivity index (χ0) is 18.4. The number of aromatic nitrogens is 1. The van der Waals surface area contributed by atoms with Crippen molar-refractivity contribution in [3.8, 4) is 0 Å². The van der Waals surface area contributed by atoms with Crippen LogP contribution in [0, 0.1) is 12.8 Å². The molecule has 1 heterocycles. The molecule has 5 heteroatoms. The van der Waals surface area contributed by atoms with Crippen molar-refractivity contribution in [2.24, 2.45) is 5.92 Å². The zero-order valence-electron chi connectivity index (χ0n) is 15.4. The van der Waals surface area contributed by atoms with Crippen LogP contribution < -0.4 is 5.32 Å². The van der Waals surface area contributed by atoms with E-state index < -0.39 is 5.97 Å². The van der Waals surface area contributed by atoms with E-state index in [1.165, 1.54) is 0 Å².